The van der Waals surface area contributed by atoms with Crippen LogP contribution in [0.15, 0.2) is 0 Å². The largest absolute Gasteiger partial charge is 0.359 e. The Labute approximate surface area is 107 Å². The minimum Gasteiger partial charge on any atom is -0.359 e. The number of likely N-dealkylation sites (N-methyl/N-ethyl adjacent to an activating group) is 2. The second kappa shape index (κ2) is 5.75. The van der Waals surface area contributed by atoms with Crippen LogP contribution in [-0.4, -0.2) is 65.5 Å². The zero-order valence-corrected chi connectivity index (χ0v) is 11.6. The van der Waals surface area contributed by atoms with Crippen LogP contribution in [-0.2, 0) is 6.42 Å². The Morgan fingerprint density at radius 1 is 1.41 bits per heavy atom. The summed E-state index contributed by atoms with van der Waals surface area (Å²) in [4.78, 5) is 9.21. The van der Waals surface area contributed by atoms with Crippen LogP contribution in [0.3, 0.4) is 0 Å². The standard InChI is InChI=1S/C11H21N5S/c1-4-10-13-11(17-14-10)12-7-9-8-15(2)5-6-16(9)3/h9H,4-8H2,1-3H3,(H,12,13,14). The lowest BCUT2D eigenvalue weighted by molar-refractivity contribution is 0.122. The molecular weight excluding hydrogens is 234 g/mol. The van der Waals surface area contributed by atoms with Gasteiger partial charge in [-0.25, -0.2) is 4.98 Å². The third kappa shape index (κ3) is 3.37. The molecule has 1 saturated heterocycles. The third-order valence-corrected chi connectivity index (χ3v) is 3.96. The molecule has 0 saturated carbocycles. The van der Waals surface area contributed by atoms with E-state index in [-0.39, 0.29) is 0 Å². The molecule has 2 heterocycles. The molecule has 96 valence electrons. The quantitative estimate of drug-likeness (QED) is 0.860. The van der Waals surface area contributed by atoms with Gasteiger partial charge in [0.05, 0.1) is 0 Å². The van der Waals surface area contributed by atoms with E-state index in [4.69, 9.17) is 0 Å². The smallest absolute Gasteiger partial charge is 0.202 e. The van der Waals surface area contributed by atoms with Gasteiger partial charge in [0.25, 0.3) is 0 Å². The maximum absolute atomic E-state index is 4.42. The van der Waals surface area contributed by atoms with Gasteiger partial charge in [-0.1, -0.05) is 6.92 Å². The van der Waals surface area contributed by atoms with E-state index in [1.54, 1.807) is 0 Å². The van der Waals surface area contributed by atoms with Crippen molar-refractivity contribution in [2.24, 2.45) is 0 Å². The number of nitrogens with zero attached hydrogens (tertiary/aromatic N) is 4. The van der Waals surface area contributed by atoms with Gasteiger partial charge >= 0.3 is 0 Å². The molecule has 1 N–H and O–H groups in total. The Hall–Kier alpha value is -0.720. The number of nitrogens with one attached hydrogen (secondary N) is 1. The summed E-state index contributed by atoms with van der Waals surface area (Å²) in [6.45, 7) is 6.43. The molecule has 1 aromatic rings. The summed E-state index contributed by atoms with van der Waals surface area (Å²) in [7, 11) is 4.37. The van der Waals surface area contributed by atoms with Crippen molar-refractivity contribution < 1.29 is 0 Å². The van der Waals surface area contributed by atoms with Crippen molar-refractivity contribution in [3.63, 3.8) is 0 Å². The zero-order valence-electron chi connectivity index (χ0n) is 10.8. The van der Waals surface area contributed by atoms with Gasteiger partial charge in [-0.3, -0.25) is 4.90 Å². The van der Waals surface area contributed by atoms with Crippen molar-refractivity contribution in [3.05, 3.63) is 5.82 Å². The van der Waals surface area contributed by atoms with Gasteiger partial charge in [-0.2, -0.15) is 4.37 Å². The summed E-state index contributed by atoms with van der Waals surface area (Å²) in [5, 5.41) is 4.34. The van der Waals surface area contributed by atoms with Crippen LogP contribution < -0.4 is 5.32 Å². The molecule has 1 aliphatic rings. The van der Waals surface area contributed by atoms with E-state index >= 15 is 0 Å². The van der Waals surface area contributed by atoms with Crippen molar-refractivity contribution in [1.29, 1.82) is 0 Å². The number of aromatic nitrogens is 2. The first-order chi connectivity index (χ1) is 8.19. The molecule has 1 atom stereocenters. The Kier molecular flexibility index (Phi) is 4.31. The van der Waals surface area contributed by atoms with E-state index in [9.17, 15) is 0 Å². The molecule has 1 aromatic heterocycles. The van der Waals surface area contributed by atoms with Gasteiger partial charge < -0.3 is 10.2 Å². The van der Waals surface area contributed by atoms with Gasteiger partial charge in [0.1, 0.15) is 5.82 Å². The molecule has 0 bridgehead atoms. The number of hydrogen-bond donors (Lipinski definition) is 1. The lowest BCUT2D eigenvalue weighted by Crippen LogP contribution is -2.52. The lowest BCUT2D eigenvalue weighted by Gasteiger charge is -2.37. The SMILES string of the molecule is CCc1nsc(NCC2CN(C)CCN2C)n1. The average molecular weight is 255 g/mol. The fraction of sp³-hybridized carbons (Fsp3) is 0.818. The summed E-state index contributed by atoms with van der Waals surface area (Å²) >= 11 is 1.46. The second-order valence-electron chi connectivity index (χ2n) is 4.65. The number of rotatable bonds is 4. The van der Waals surface area contributed by atoms with E-state index in [1.165, 1.54) is 11.5 Å². The molecule has 0 aromatic carbocycles. The molecule has 2 rings (SSSR count). The summed E-state index contributed by atoms with van der Waals surface area (Å²) in [6.07, 6.45) is 0.907. The van der Waals surface area contributed by atoms with Crippen molar-refractivity contribution in [1.82, 2.24) is 19.2 Å². The van der Waals surface area contributed by atoms with Crippen LogP contribution in [0.2, 0.25) is 0 Å². The van der Waals surface area contributed by atoms with Crippen molar-refractivity contribution in [2.45, 2.75) is 19.4 Å². The number of aryl methyl sites for hydroxylation is 1. The molecule has 0 amide bonds. The minimum atomic E-state index is 0.558. The van der Waals surface area contributed by atoms with E-state index in [1.807, 2.05) is 0 Å². The molecule has 0 aliphatic carbocycles. The topological polar surface area (TPSA) is 44.3 Å². The second-order valence-corrected chi connectivity index (χ2v) is 5.40. The van der Waals surface area contributed by atoms with Gasteiger partial charge in [0.15, 0.2) is 0 Å². The maximum atomic E-state index is 4.42. The van der Waals surface area contributed by atoms with Crippen LogP contribution >= 0.6 is 11.5 Å². The predicted molar refractivity (Wildman–Crippen MR) is 71.7 cm³/mol. The van der Waals surface area contributed by atoms with Crippen LogP contribution in [0.25, 0.3) is 0 Å². The molecule has 6 heteroatoms. The van der Waals surface area contributed by atoms with Crippen LogP contribution in [0, 0.1) is 0 Å². The van der Waals surface area contributed by atoms with Crippen LogP contribution in [0.5, 0.6) is 0 Å². The minimum absolute atomic E-state index is 0.558. The van der Waals surface area contributed by atoms with E-state index in [0.29, 0.717) is 6.04 Å². The molecule has 1 unspecified atom stereocenters. The van der Waals surface area contributed by atoms with Crippen LogP contribution in [0.1, 0.15) is 12.7 Å². The van der Waals surface area contributed by atoms with Crippen molar-refractivity contribution in [2.75, 3.05) is 45.6 Å². The average Bonchev–Trinajstić information content (AvgIpc) is 2.78. The predicted octanol–water partition coefficient (Wildman–Crippen LogP) is 0.758. The monoisotopic (exact) mass is 255 g/mol. The first kappa shape index (κ1) is 12.7. The molecular formula is C11H21N5S. The fourth-order valence-corrected chi connectivity index (χ4v) is 2.65. The summed E-state index contributed by atoms with van der Waals surface area (Å²) in [6, 6.07) is 0.558. The molecule has 0 spiro atoms. The molecule has 1 fully saturated rings. The highest BCUT2D eigenvalue weighted by atomic mass is 32.1. The summed E-state index contributed by atoms with van der Waals surface area (Å²) < 4.78 is 4.28. The van der Waals surface area contributed by atoms with Crippen LogP contribution in [0.4, 0.5) is 5.13 Å². The molecule has 5 nitrogen and oxygen atoms in total. The molecule has 1 aliphatic heterocycles. The lowest BCUT2D eigenvalue weighted by atomic mass is 10.2. The normalized spacial score (nSPS) is 22.9. The molecule has 0 radical (unpaired) electrons. The fourth-order valence-electron chi connectivity index (χ4n) is 2.00. The Balaban J connectivity index is 1.84. The van der Waals surface area contributed by atoms with E-state index in [2.05, 4.69) is 45.5 Å². The van der Waals surface area contributed by atoms with Gasteiger partial charge in [-0.05, 0) is 14.1 Å². The highest BCUT2D eigenvalue weighted by molar-refractivity contribution is 7.09. The molecule has 17 heavy (non-hydrogen) atoms. The highest BCUT2D eigenvalue weighted by Gasteiger charge is 2.21. The van der Waals surface area contributed by atoms with E-state index < -0.39 is 0 Å². The van der Waals surface area contributed by atoms with Gasteiger partial charge in [0.2, 0.25) is 5.13 Å². The number of hydrogen-bond acceptors (Lipinski definition) is 6. The van der Waals surface area contributed by atoms with Gasteiger partial charge in [0, 0.05) is 50.2 Å². The highest BCUT2D eigenvalue weighted by Crippen LogP contribution is 2.13. The summed E-state index contributed by atoms with van der Waals surface area (Å²) in [5.74, 6) is 0.937. The number of anilines is 1. The Morgan fingerprint density at radius 3 is 2.94 bits per heavy atom. The Morgan fingerprint density at radius 2 is 2.24 bits per heavy atom. The first-order valence-electron chi connectivity index (χ1n) is 6.14. The zero-order chi connectivity index (χ0) is 12.3. The maximum Gasteiger partial charge on any atom is 0.202 e. The van der Waals surface area contributed by atoms with Crippen molar-refractivity contribution in [3.8, 4) is 0 Å². The Bertz CT molecular complexity index is 353. The van der Waals surface area contributed by atoms with Crippen molar-refractivity contribution >= 4 is 16.7 Å². The third-order valence-electron chi connectivity index (χ3n) is 3.25. The summed E-state index contributed by atoms with van der Waals surface area (Å²) in [5.41, 5.74) is 0. The number of piperazine rings is 1. The first-order valence-corrected chi connectivity index (χ1v) is 6.91. The van der Waals surface area contributed by atoms with E-state index in [0.717, 1.165) is 43.6 Å². The van der Waals surface area contributed by atoms with Gasteiger partial charge in [-0.15, -0.1) is 0 Å².